The van der Waals surface area contributed by atoms with Crippen LogP contribution in [0.25, 0.3) is 0 Å². The fourth-order valence-corrected chi connectivity index (χ4v) is 2.75. The Morgan fingerprint density at radius 2 is 1.87 bits per heavy atom. The molecule has 0 heterocycles. The van der Waals surface area contributed by atoms with Crippen molar-refractivity contribution in [3.63, 3.8) is 0 Å². The second-order valence-corrected chi connectivity index (χ2v) is 6.01. The second kappa shape index (κ2) is 6.99. The Bertz CT molecular complexity index is 820. The predicted octanol–water partition coefficient (Wildman–Crippen LogP) is 1.78. The van der Waals surface area contributed by atoms with Crippen molar-refractivity contribution >= 4 is 22.0 Å². The largest absolute Gasteiger partial charge is 0.456 e. The van der Waals surface area contributed by atoms with E-state index in [2.05, 4.69) is 0 Å². The molecule has 2 aromatic rings. The maximum atomic E-state index is 12.1. The molecule has 9 heteroatoms. The summed E-state index contributed by atoms with van der Waals surface area (Å²) in [5.74, 6) is 0.0928. The van der Waals surface area contributed by atoms with Gasteiger partial charge in [-0.3, -0.25) is 14.9 Å². The molecule has 0 aliphatic rings. The van der Waals surface area contributed by atoms with Crippen LogP contribution in [0.3, 0.4) is 0 Å². The van der Waals surface area contributed by atoms with Gasteiger partial charge < -0.3 is 4.74 Å². The zero-order valence-corrected chi connectivity index (χ0v) is 12.4. The van der Waals surface area contributed by atoms with Crippen LogP contribution >= 0.6 is 0 Å². The summed E-state index contributed by atoms with van der Waals surface area (Å²) in [6.45, 7) is -0.538. The normalized spacial score (nSPS) is 11.0. The third kappa shape index (κ3) is 4.11. The van der Waals surface area contributed by atoms with Crippen molar-refractivity contribution in [3.05, 3.63) is 58.6 Å². The predicted molar refractivity (Wildman–Crippen MR) is 80.5 cm³/mol. The third-order valence-corrected chi connectivity index (χ3v) is 4.17. The molecule has 0 saturated carbocycles. The highest BCUT2D eigenvalue weighted by molar-refractivity contribution is 7.89. The van der Waals surface area contributed by atoms with E-state index in [0.29, 0.717) is 5.75 Å². The number of ether oxygens (including phenoxy) is 1. The summed E-state index contributed by atoms with van der Waals surface area (Å²) < 4.78 is 31.7. The minimum atomic E-state index is -4.08. The number of hydrogen-bond acceptors (Lipinski definition) is 6. The lowest BCUT2D eigenvalue weighted by Crippen LogP contribution is -2.25. The Balaban J connectivity index is 2.49. The summed E-state index contributed by atoms with van der Waals surface area (Å²) in [6.07, 6.45) is 1.40. The molecule has 119 valence electrons. The van der Waals surface area contributed by atoms with E-state index in [9.17, 15) is 23.3 Å². The molecule has 0 saturated heterocycles. The van der Waals surface area contributed by atoms with Crippen LogP contribution in [0.15, 0.2) is 53.4 Å². The number of carbonyl (C=O) groups excluding carboxylic acids is 1. The van der Waals surface area contributed by atoms with E-state index < -0.39 is 21.5 Å². The average Bonchev–Trinajstić information content (AvgIpc) is 2.53. The topological polar surface area (TPSA) is 116 Å². The maximum Gasteiger partial charge on any atom is 0.273 e. The minimum absolute atomic E-state index is 0.219. The Labute approximate surface area is 131 Å². The van der Waals surface area contributed by atoms with E-state index in [1.165, 1.54) is 6.29 Å². The van der Waals surface area contributed by atoms with Crippen LogP contribution in [0.1, 0.15) is 0 Å². The molecule has 0 atom stereocenters. The Morgan fingerprint density at radius 1 is 1.17 bits per heavy atom. The molecule has 1 N–H and O–H groups in total. The molecule has 8 nitrogen and oxygen atoms in total. The highest BCUT2D eigenvalue weighted by Gasteiger charge is 2.22. The monoisotopic (exact) mass is 335 g/mol. The molecule has 0 bridgehead atoms. The first kappa shape index (κ1) is 16.6. The molecular formula is C14H11N2O6S. The molecule has 0 aliphatic carbocycles. The van der Waals surface area contributed by atoms with Gasteiger partial charge in [0.1, 0.15) is 10.6 Å². The molecule has 2 rings (SSSR count). The van der Waals surface area contributed by atoms with Crippen molar-refractivity contribution in [2.24, 2.45) is 0 Å². The van der Waals surface area contributed by atoms with Crippen molar-refractivity contribution in [1.82, 2.24) is 4.72 Å². The van der Waals surface area contributed by atoms with Gasteiger partial charge in [0.25, 0.3) is 5.69 Å². The number of benzene rings is 2. The first-order chi connectivity index (χ1) is 10.9. The third-order valence-electron chi connectivity index (χ3n) is 2.73. The van der Waals surface area contributed by atoms with E-state index >= 15 is 0 Å². The van der Waals surface area contributed by atoms with Gasteiger partial charge in [0.15, 0.2) is 5.75 Å². The Kier molecular flexibility index (Phi) is 5.04. The van der Waals surface area contributed by atoms with E-state index in [0.717, 1.165) is 18.2 Å². The number of non-ortho nitro benzene ring substituents is 1. The molecule has 2 aromatic carbocycles. The average molecular weight is 335 g/mol. The SMILES string of the molecule is O=[C]CNS(=O)(=O)c1ccc([N+](=O)[O-])cc1Oc1ccccc1. The van der Waals surface area contributed by atoms with Crippen LogP contribution in [-0.4, -0.2) is 26.2 Å². The maximum absolute atomic E-state index is 12.1. The smallest absolute Gasteiger partial charge is 0.273 e. The van der Waals surface area contributed by atoms with Gasteiger partial charge in [0.2, 0.25) is 16.3 Å². The number of sulfonamides is 1. The van der Waals surface area contributed by atoms with Crippen molar-refractivity contribution in [3.8, 4) is 11.5 Å². The number of para-hydroxylation sites is 1. The van der Waals surface area contributed by atoms with Gasteiger partial charge in [0, 0.05) is 6.07 Å². The summed E-state index contributed by atoms with van der Waals surface area (Å²) in [5.41, 5.74) is -0.322. The Morgan fingerprint density at radius 3 is 2.48 bits per heavy atom. The molecule has 23 heavy (non-hydrogen) atoms. The lowest BCUT2D eigenvalue weighted by Gasteiger charge is -2.11. The quantitative estimate of drug-likeness (QED) is 0.609. The molecule has 0 aliphatic heterocycles. The number of nitrogens with zero attached hydrogens (tertiary/aromatic N) is 1. The summed E-state index contributed by atoms with van der Waals surface area (Å²) in [5, 5.41) is 10.9. The Hall–Kier alpha value is -2.78. The summed E-state index contributed by atoms with van der Waals surface area (Å²) in [6, 6.07) is 11.3. The van der Waals surface area contributed by atoms with E-state index in [1.54, 1.807) is 30.3 Å². The number of rotatable bonds is 7. The van der Waals surface area contributed by atoms with Gasteiger partial charge in [-0.2, -0.15) is 0 Å². The van der Waals surface area contributed by atoms with Gasteiger partial charge >= 0.3 is 0 Å². The van der Waals surface area contributed by atoms with Crippen molar-refractivity contribution in [2.75, 3.05) is 6.54 Å². The highest BCUT2D eigenvalue weighted by Crippen LogP contribution is 2.32. The zero-order chi connectivity index (χ0) is 16.9. The summed E-state index contributed by atoms with van der Waals surface area (Å²) in [7, 11) is -4.08. The lowest BCUT2D eigenvalue weighted by molar-refractivity contribution is -0.385. The fourth-order valence-electron chi connectivity index (χ4n) is 1.73. The molecule has 1 radical (unpaired) electrons. The van der Waals surface area contributed by atoms with Crippen LogP contribution in [0.4, 0.5) is 5.69 Å². The molecule has 0 amide bonds. The van der Waals surface area contributed by atoms with Crippen molar-refractivity contribution in [1.29, 1.82) is 0 Å². The first-order valence-electron chi connectivity index (χ1n) is 6.30. The van der Waals surface area contributed by atoms with Gasteiger partial charge in [0.05, 0.1) is 17.5 Å². The number of nitrogens with one attached hydrogen (secondary N) is 1. The number of nitro groups is 1. The minimum Gasteiger partial charge on any atom is -0.456 e. The van der Waals surface area contributed by atoms with Crippen LogP contribution in [0, 0.1) is 10.1 Å². The van der Waals surface area contributed by atoms with Gasteiger partial charge in [-0.25, -0.2) is 13.1 Å². The highest BCUT2D eigenvalue weighted by atomic mass is 32.2. The van der Waals surface area contributed by atoms with Crippen LogP contribution in [-0.2, 0) is 14.8 Å². The lowest BCUT2D eigenvalue weighted by atomic mass is 10.3. The number of hydrogen-bond donors (Lipinski definition) is 1. The molecule has 0 unspecified atom stereocenters. The van der Waals surface area contributed by atoms with Crippen LogP contribution < -0.4 is 9.46 Å². The molecule has 0 aromatic heterocycles. The summed E-state index contributed by atoms with van der Waals surface area (Å²) in [4.78, 5) is 20.1. The van der Waals surface area contributed by atoms with E-state index in [1.807, 2.05) is 4.72 Å². The van der Waals surface area contributed by atoms with E-state index in [-0.39, 0.29) is 16.3 Å². The van der Waals surface area contributed by atoms with Gasteiger partial charge in [-0.05, 0) is 18.2 Å². The van der Waals surface area contributed by atoms with Crippen molar-refractivity contribution < 1.29 is 22.9 Å². The zero-order valence-electron chi connectivity index (χ0n) is 11.6. The van der Waals surface area contributed by atoms with E-state index in [4.69, 9.17) is 4.74 Å². The van der Waals surface area contributed by atoms with Crippen LogP contribution in [0.5, 0.6) is 11.5 Å². The van der Waals surface area contributed by atoms with Crippen LogP contribution in [0.2, 0.25) is 0 Å². The standard InChI is InChI=1S/C14H11N2O6S/c17-9-8-15-23(20,21)14-7-6-11(16(18)19)10-13(14)22-12-4-2-1-3-5-12/h1-7,10,15H,8H2. The molecular weight excluding hydrogens is 324 g/mol. The summed E-state index contributed by atoms with van der Waals surface area (Å²) >= 11 is 0. The van der Waals surface area contributed by atoms with Gasteiger partial charge in [-0.15, -0.1) is 0 Å². The second-order valence-electron chi connectivity index (χ2n) is 4.27. The molecule has 0 fully saturated rings. The van der Waals surface area contributed by atoms with Gasteiger partial charge in [-0.1, -0.05) is 18.2 Å². The first-order valence-corrected chi connectivity index (χ1v) is 7.78. The van der Waals surface area contributed by atoms with Crippen molar-refractivity contribution in [2.45, 2.75) is 4.90 Å². The molecule has 0 spiro atoms. The fraction of sp³-hybridized carbons (Fsp3) is 0.0714. The number of nitro benzene ring substituents is 1.